The van der Waals surface area contributed by atoms with Crippen molar-refractivity contribution in [2.24, 2.45) is 0 Å². The molecule has 2 aromatic rings. The molecule has 0 unspecified atom stereocenters. The van der Waals surface area contributed by atoms with Gasteiger partial charge < -0.3 is 9.47 Å². The van der Waals surface area contributed by atoms with E-state index in [1.54, 1.807) is 18.6 Å². The van der Waals surface area contributed by atoms with Crippen molar-refractivity contribution in [3.63, 3.8) is 0 Å². The molecular weight excluding hydrogens is 240 g/mol. The summed E-state index contributed by atoms with van der Waals surface area (Å²) in [6, 6.07) is 5.85. The van der Waals surface area contributed by atoms with E-state index in [9.17, 15) is 0 Å². The Morgan fingerprint density at radius 3 is 2.79 bits per heavy atom. The minimum atomic E-state index is 0.301. The molecule has 0 bridgehead atoms. The largest absolute Gasteiger partial charge is 0.454 e. The Bertz CT molecular complexity index is 621. The molecule has 0 radical (unpaired) electrons. The van der Waals surface area contributed by atoms with Gasteiger partial charge >= 0.3 is 0 Å². The summed E-state index contributed by atoms with van der Waals surface area (Å²) in [5.74, 6) is 1.59. The molecule has 0 N–H and O–H groups in total. The molecule has 0 spiro atoms. The van der Waals surface area contributed by atoms with E-state index >= 15 is 0 Å². The van der Waals surface area contributed by atoms with Crippen LogP contribution in [-0.4, -0.2) is 16.8 Å². The zero-order chi connectivity index (χ0) is 12.9. The summed E-state index contributed by atoms with van der Waals surface area (Å²) < 4.78 is 10.6. The van der Waals surface area contributed by atoms with Crippen LogP contribution in [0, 0.1) is 0 Å². The number of hydrogen-bond donors (Lipinski definition) is 0. The monoisotopic (exact) mass is 252 g/mol. The predicted octanol–water partition coefficient (Wildman–Crippen LogP) is 2.93. The molecule has 0 fully saturated rings. The highest BCUT2D eigenvalue weighted by Gasteiger charge is 2.11. The Morgan fingerprint density at radius 2 is 1.89 bits per heavy atom. The van der Waals surface area contributed by atoms with Gasteiger partial charge in [-0.3, -0.25) is 9.97 Å². The van der Waals surface area contributed by atoms with E-state index in [4.69, 9.17) is 9.47 Å². The van der Waals surface area contributed by atoms with Crippen molar-refractivity contribution in [2.45, 2.75) is 0 Å². The van der Waals surface area contributed by atoms with Gasteiger partial charge in [0, 0.05) is 12.4 Å². The fourth-order valence-electron chi connectivity index (χ4n) is 1.73. The van der Waals surface area contributed by atoms with Crippen molar-refractivity contribution in [3.8, 4) is 11.5 Å². The number of allylic oxidation sites excluding steroid dienone is 2. The number of aromatic nitrogens is 2. The van der Waals surface area contributed by atoms with Gasteiger partial charge in [0.05, 0.1) is 11.9 Å². The summed E-state index contributed by atoms with van der Waals surface area (Å²) in [5.41, 5.74) is 1.89. The third-order valence-electron chi connectivity index (χ3n) is 2.65. The molecule has 2 heterocycles. The van der Waals surface area contributed by atoms with Gasteiger partial charge in [-0.1, -0.05) is 24.3 Å². The minimum absolute atomic E-state index is 0.301. The molecule has 4 nitrogen and oxygen atoms in total. The van der Waals surface area contributed by atoms with Crippen LogP contribution in [0.25, 0.3) is 12.2 Å². The maximum absolute atomic E-state index is 5.32. The van der Waals surface area contributed by atoms with Crippen molar-refractivity contribution in [1.29, 1.82) is 0 Å². The first kappa shape index (κ1) is 11.5. The molecule has 1 aromatic heterocycles. The highest BCUT2D eigenvalue weighted by Crippen LogP contribution is 2.32. The second-order valence-corrected chi connectivity index (χ2v) is 3.96. The van der Waals surface area contributed by atoms with Crippen LogP contribution >= 0.6 is 0 Å². The molecule has 0 atom stereocenters. The first-order chi connectivity index (χ1) is 9.42. The van der Waals surface area contributed by atoms with Crippen molar-refractivity contribution < 1.29 is 9.47 Å². The van der Waals surface area contributed by atoms with Gasteiger partial charge in [0.2, 0.25) is 6.79 Å². The lowest BCUT2D eigenvalue weighted by molar-refractivity contribution is 0.174. The van der Waals surface area contributed by atoms with Gasteiger partial charge in [-0.2, -0.15) is 0 Å². The van der Waals surface area contributed by atoms with Gasteiger partial charge in [-0.05, 0) is 23.8 Å². The number of nitrogens with zero attached hydrogens (tertiary/aromatic N) is 2. The van der Waals surface area contributed by atoms with E-state index in [0.29, 0.717) is 6.79 Å². The smallest absolute Gasteiger partial charge is 0.231 e. The normalized spacial score (nSPS) is 13.5. The fourth-order valence-corrected chi connectivity index (χ4v) is 1.73. The summed E-state index contributed by atoms with van der Waals surface area (Å²) >= 11 is 0. The van der Waals surface area contributed by atoms with E-state index in [1.165, 1.54) is 0 Å². The molecule has 94 valence electrons. The summed E-state index contributed by atoms with van der Waals surface area (Å²) in [4.78, 5) is 8.14. The van der Waals surface area contributed by atoms with E-state index < -0.39 is 0 Å². The van der Waals surface area contributed by atoms with E-state index in [2.05, 4.69) is 9.97 Å². The third-order valence-corrected chi connectivity index (χ3v) is 2.65. The average Bonchev–Trinajstić information content (AvgIpc) is 2.92. The Hall–Kier alpha value is -2.62. The van der Waals surface area contributed by atoms with Crippen molar-refractivity contribution in [2.75, 3.05) is 6.79 Å². The lowest BCUT2D eigenvalue weighted by atomic mass is 10.2. The average molecular weight is 252 g/mol. The van der Waals surface area contributed by atoms with E-state index in [1.807, 2.05) is 42.5 Å². The molecule has 0 saturated carbocycles. The van der Waals surface area contributed by atoms with Gasteiger partial charge in [-0.25, -0.2) is 0 Å². The lowest BCUT2D eigenvalue weighted by Gasteiger charge is -1.96. The van der Waals surface area contributed by atoms with Crippen LogP contribution in [0.1, 0.15) is 11.3 Å². The molecule has 0 saturated heterocycles. The molecule has 4 heteroatoms. The molecule has 0 amide bonds. The maximum Gasteiger partial charge on any atom is 0.231 e. The minimum Gasteiger partial charge on any atom is -0.454 e. The van der Waals surface area contributed by atoms with E-state index in [0.717, 1.165) is 22.8 Å². The first-order valence-corrected chi connectivity index (χ1v) is 5.92. The van der Waals surface area contributed by atoms with Crippen LogP contribution in [0.15, 0.2) is 48.9 Å². The second kappa shape index (κ2) is 5.35. The van der Waals surface area contributed by atoms with Crippen LogP contribution in [0.3, 0.4) is 0 Å². The molecule has 0 aliphatic carbocycles. The topological polar surface area (TPSA) is 44.2 Å². The molecule has 3 rings (SSSR count). The highest BCUT2D eigenvalue weighted by atomic mass is 16.7. The van der Waals surface area contributed by atoms with Gasteiger partial charge in [-0.15, -0.1) is 0 Å². The number of benzene rings is 1. The molecule has 19 heavy (non-hydrogen) atoms. The number of rotatable bonds is 3. The van der Waals surface area contributed by atoms with E-state index in [-0.39, 0.29) is 0 Å². The number of fused-ring (bicyclic) bond motifs is 1. The predicted molar refractivity (Wildman–Crippen MR) is 72.7 cm³/mol. The zero-order valence-electron chi connectivity index (χ0n) is 10.2. The summed E-state index contributed by atoms with van der Waals surface area (Å²) in [5, 5.41) is 0. The van der Waals surface area contributed by atoms with Gasteiger partial charge in [0.1, 0.15) is 0 Å². The Balaban J connectivity index is 1.68. The van der Waals surface area contributed by atoms with Crippen LogP contribution in [-0.2, 0) is 0 Å². The van der Waals surface area contributed by atoms with Crippen LogP contribution in [0.5, 0.6) is 11.5 Å². The second-order valence-electron chi connectivity index (χ2n) is 3.96. The quantitative estimate of drug-likeness (QED) is 0.788. The Kier molecular flexibility index (Phi) is 3.23. The highest BCUT2D eigenvalue weighted by molar-refractivity contribution is 5.59. The molecule has 1 aliphatic heterocycles. The van der Waals surface area contributed by atoms with Crippen LogP contribution < -0.4 is 9.47 Å². The standard InChI is InChI=1S/C15H12N2O2/c1(2-4-13-10-16-7-8-17-13)3-12-5-6-14-15(9-12)19-11-18-14/h1-10H,11H2/b3-1+,4-2+. The SMILES string of the molecule is C(/C=C/c1cnccn1)=C\c1ccc2c(c1)OCO2. The Morgan fingerprint density at radius 1 is 1.00 bits per heavy atom. The first-order valence-electron chi connectivity index (χ1n) is 5.92. The lowest BCUT2D eigenvalue weighted by Crippen LogP contribution is -1.92. The van der Waals surface area contributed by atoms with Gasteiger partial charge in [0.25, 0.3) is 0 Å². The van der Waals surface area contributed by atoms with Crippen molar-refractivity contribution in [3.05, 3.63) is 60.2 Å². The molecule has 1 aliphatic rings. The van der Waals surface area contributed by atoms with Crippen LogP contribution in [0.2, 0.25) is 0 Å². The Labute approximate surface area is 111 Å². The molecule has 1 aromatic carbocycles. The van der Waals surface area contributed by atoms with Gasteiger partial charge in [0.15, 0.2) is 11.5 Å². The van der Waals surface area contributed by atoms with Crippen molar-refractivity contribution >= 4 is 12.2 Å². The third kappa shape index (κ3) is 2.80. The number of hydrogen-bond acceptors (Lipinski definition) is 4. The zero-order valence-corrected chi connectivity index (χ0v) is 10.2. The van der Waals surface area contributed by atoms with Crippen molar-refractivity contribution in [1.82, 2.24) is 9.97 Å². The molecular formula is C15H12N2O2. The summed E-state index contributed by atoms with van der Waals surface area (Å²) in [7, 11) is 0. The fraction of sp³-hybridized carbons (Fsp3) is 0.0667. The number of ether oxygens (including phenoxy) is 2. The van der Waals surface area contributed by atoms with Crippen LogP contribution in [0.4, 0.5) is 0 Å². The summed E-state index contributed by atoms with van der Waals surface area (Å²) in [6.45, 7) is 0.301. The summed E-state index contributed by atoms with van der Waals surface area (Å²) in [6.07, 6.45) is 12.8. The maximum atomic E-state index is 5.32.